The molecule has 3 heterocycles. The SMILES string of the molecule is COc1cc2c(cn1)c(C(=O)N1CCNCC1)c(Oc1c(C)cccc1C)n2-c1ccccc1. The van der Waals surface area contributed by atoms with Crippen LogP contribution in [0.3, 0.4) is 0 Å². The molecule has 0 radical (unpaired) electrons. The van der Waals surface area contributed by atoms with Gasteiger partial charge in [0.05, 0.1) is 12.6 Å². The number of benzene rings is 2. The number of hydrogen-bond donors (Lipinski definition) is 1. The molecule has 34 heavy (non-hydrogen) atoms. The molecule has 1 amide bonds. The van der Waals surface area contributed by atoms with E-state index in [0.717, 1.165) is 46.6 Å². The van der Waals surface area contributed by atoms with Crippen LogP contribution in [0, 0.1) is 13.8 Å². The van der Waals surface area contributed by atoms with E-state index in [4.69, 9.17) is 9.47 Å². The van der Waals surface area contributed by atoms with E-state index >= 15 is 0 Å². The fourth-order valence-electron chi connectivity index (χ4n) is 4.47. The summed E-state index contributed by atoms with van der Waals surface area (Å²) in [6, 6.07) is 17.8. The average molecular weight is 457 g/mol. The van der Waals surface area contributed by atoms with Gasteiger partial charge in [-0.1, -0.05) is 36.4 Å². The minimum Gasteiger partial charge on any atom is -0.481 e. The number of pyridine rings is 1. The summed E-state index contributed by atoms with van der Waals surface area (Å²) in [4.78, 5) is 20.2. The van der Waals surface area contributed by atoms with E-state index in [0.29, 0.717) is 30.4 Å². The van der Waals surface area contributed by atoms with Gasteiger partial charge in [0.1, 0.15) is 11.3 Å². The summed E-state index contributed by atoms with van der Waals surface area (Å²) in [6.07, 6.45) is 1.71. The van der Waals surface area contributed by atoms with Gasteiger partial charge in [-0.2, -0.15) is 0 Å². The van der Waals surface area contributed by atoms with Gasteiger partial charge in [0.25, 0.3) is 5.91 Å². The summed E-state index contributed by atoms with van der Waals surface area (Å²) in [5, 5.41) is 4.05. The lowest BCUT2D eigenvalue weighted by atomic mass is 10.1. The van der Waals surface area contributed by atoms with Crippen LogP contribution in [0.25, 0.3) is 16.6 Å². The Morgan fingerprint density at radius 3 is 2.38 bits per heavy atom. The number of nitrogens with zero attached hydrogens (tertiary/aromatic N) is 3. The van der Waals surface area contributed by atoms with Crippen LogP contribution >= 0.6 is 0 Å². The molecule has 1 aliphatic rings. The highest BCUT2D eigenvalue weighted by atomic mass is 16.5. The Labute approximate surface area is 198 Å². The second-order valence-corrected chi connectivity index (χ2v) is 8.46. The second kappa shape index (κ2) is 9.19. The highest BCUT2D eigenvalue weighted by molar-refractivity contribution is 6.10. The van der Waals surface area contributed by atoms with Gasteiger partial charge in [0.2, 0.25) is 11.8 Å². The Hall–Kier alpha value is -3.84. The quantitative estimate of drug-likeness (QED) is 0.479. The number of piperazine rings is 1. The molecule has 2 aromatic heterocycles. The van der Waals surface area contributed by atoms with Crippen LogP contribution in [0.4, 0.5) is 0 Å². The lowest BCUT2D eigenvalue weighted by Crippen LogP contribution is -2.46. The number of amides is 1. The van der Waals surface area contributed by atoms with Crippen LogP contribution in [0.5, 0.6) is 17.5 Å². The van der Waals surface area contributed by atoms with E-state index in [-0.39, 0.29) is 5.91 Å². The molecule has 7 heteroatoms. The van der Waals surface area contributed by atoms with E-state index in [2.05, 4.69) is 10.3 Å². The van der Waals surface area contributed by atoms with E-state index in [1.54, 1.807) is 13.3 Å². The van der Waals surface area contributed by atoms with Gasteiger partial charge in [-0.05, 0) is 37.1 Å². The number of aromatic nitrogens is 2. The van der Waals surface area contributed by atoms with Crippen LogP contribution in [-0.2, 0) is 0 Å². The number of carbonyl (C=O) groups is 1. The first-order chi connectivity index (χ1) is 16.6. The normalized spacial score (nSPS) is 13.8. The van der Waals surface area contributed by atoms with Crippen molar-refractivity contribution in [3.63, 3.8) is 0 Å². The smallest absolute Gasteiger partial charge is 0.260 e. The van der Waals surface area contributed by atoms with Crippen LogP contribution in [0.2, 0.25) is 0 Å². The first-order valence-electron chi connectivity index (χ1n) is 11.5. The van der Waals surface area contributed by atoms with Crippen molar-refractivity contribution < 1.29 is 14.3 Å². The summed E-state index contributed by atoms with van der Waals surface area (Å²) in [6.45, 7) is 6.84. The zero-order chi connectivity index (χ0) is 23.7. The van der Waals surface area contributed by atoms with Crippen LogP contribution < -0.4 is 14.8 Å². The van der Waals surface area contributed by atoms with Gasteiger partial charge < -0.3 is 19.7 Å². The van der Waals surface area contributed by atoms with Gasteiger partial charge >= 0.3 is 0 Å². The summed E-state index contributed by atoms with van der Waals surface area (Å²) >= 11 is 0. The van der Waals surface area contributed by atoms with Crippen molar-refractivity contribution >= 4 is 16.8 Å². The summed E-state index contributed by atoms with van der Waals surface area (Å²) in [5.41, 5.74) is 4.21. The molecule has 0 aliphatic carbocycles. The second-order valence-electron chi connectivity index (χ2n) is 8.46. The van der Waals surface area contributed by atoms with Gasteiger partial charge in [-0.25, -0.2) is 4.98 Å². The lowest BCUT2D eigenvalue weighted by molar-refractivity contribution is 0.0735. The third-order valence-corrected chi connectivity index (χ3v) is 6.23. The molecule has 7 nitrogen and oxygen atoms in total. The zero-order valence-corrected chi connectivity index (χ0v) is 19.7. The van der Waals surface area contributed by atoms with Crippen molar-refractivity contribution in [1.82, 2.24) is 19.8 Å². The molecule has 174 valence electrons. The Kier molecular flexibility index (Phi) is 5.94. The Morgan fingerprint density at radius 1 is 1.00 bits per heavy atom. The molecule has 0 unspecified atom stereocenters. The standard InChI is InChI=1S/C27H28N4O3/c1-18-8-7-9-19(2)25(18)34-27-24(26(32)30-14-12-28-13-15-30)21-17-29-23(33-3)16-22(21)31(27)20-10-5-4-6-11-20/h4-11,16-17,28H,12-15H2,1-3H3. The van der Waals surface area contributed by atoms with Gasteiger partial charge in [0.15, 0.2) is 0 Å². The molecule has 4 aromatic rings. The largest absolute Gasteiger partial charge is 0.481 e. The third-order valence-electron chi connectivity index (χ3n) is 6.23. The predicted octanol–water partition coefficient (Wildman–Crippen LogP) is 4.49. The molecular formula is C27H28N4O3. The summed E-state index contributed by atoms with van der Waals surface area (Å²) in [5.74, 6) is 1.64. The number of fused-ring (bicyclic) bond motifs is 1. The van der Waals surface area contributed by atoms with Gasteiger partial charge in [-0.15, -0.1) is 0 Å². The number of methoxy groups -OCH3 is 1. The molecule has 0 spiro atoms. The maximum absolute atomic E-state index is 13.9. The van der Waals surface area contributed by atoms with Crippen molar-refractivity contribution in [2.45, 2.75) is 13.8 Å². The molecule has 1 aliphatic heterocycles. The number of ether oxygens (including phenoxy) is 2. The molecule has 0 atom stereocenters. The number of carbonyl (C=O) groups excluding carboxylic acids is 1. The number of para-hydroxylation sites is 2. The molecule has 1 fully saturated rings. The Bertz CT molecular complexity index is 1320. The minimum absolute atomic E-state index is 0.0608. The molecule has 1 saturated heterocycles. The fourth-order valence-corrected chi connectivity index (χ4v) is 4.47. The minimum atomic E-state index is -0.0608. The fraction of sp³-hybridized carbons (Fsp3) is 0.259. The molecule has 2 aromatic carbocycles. The van der Waals surface area contributed by atoms with Crippen molar-refractivity contribution in [2.24, 2.45) is 0 Å². The van der Waals surface area contributed by atoms with Crippen molar-refractivity contribution in [3.05, 3.63) is 77.5 Å². The van der Waals surface area contributed by atoms with E-state index in [1.165, 1.54) is 0 Å². The van der Waals surface area contributed by atoms with Crippen molar-refractivity contribution in [2.75, 3.05) is 33.3 Å². The first kappa shape index (κ1) is 22.0. The molecule has 0 bridgehead atoms. The van der Waals surface area contributed by atoms with Gasteiger partial charge in [0, 0.05) is 49.5 Å². The third kappa shape index (κ3) is 3.88. The number of rotatable bonds is 5. The molecule has 1 N–H and O–H groups in total. The highest BCUT2D eigenvalue weighted by Crippen LogP contribution is 2.40. The maximum atomic E-state index is 13.9. The number of nitrogens with one attached hydrogen (secondary N) is 1. The molecular weight excluding hydrogens is 428 g/mol. The lowest BCUT2D eigenvalue weighted by Gasteiger charge is -2.27. The Balaban J connectivity index is 1.81. The van der Waals surface area contributed by atoms with Crippen molar-refractivity contribution in [1.29, 1.82) is 0 Å². The van der Waals surface area contributed by atoms with Crippen LogP contribution in [-0.4, -0.2) is 53.6 Å². The first-order valence-corrected chi connectivity index (χ1v) is 11.5. The molecule has 0 saturated carbocycles. The monoisotopic (exact) mass is 456 g/mol. The highest BCUT2D eigenvalue weighted by Gasteiger charge is 2.30. The topological polar surface area (TPSA) is 68.6 Å². The van der Waals surface area contributed by atoms with Crippen LogP contribution in [0.15, 0.2) is 60.8 Å². The van der Waals surface area contributed by atoms with E-state index in [9.17, 15) is 4.79 Å². The summed E-state index contributed by atoms with van der Waals surface area (Å²) < 4.78 is 14.1. The zero-order valence-electron chi connectivity index (χ0n) is 19.7. The molecule has 5 rings (SSSR count). The van der Waals surface area contributed by atoms with E-state index in [1.807, 2.05) is 77.9 Å². The van der Waals surface area contributed by atoms with Crippen LogP contribution in [0.1, 0.15) is 21.5 Å². The van der Waals surface area contributed by atoms with Gasteiger partial charge in [-0.3, -0.25) is 9.36 Å². The maximum Gasteiger partial charge on any atom is 0.260 e. The van der Waals surface area contributed by atoms with Crippen molar-refractivity contribution in [3.8, 4) is 23.2 Å². The number of aryl methyl sites for hydroxylation is 2. The predicted molar refractivity (Wildman–Crippen MR) is 132 cm³/mol. The van der Waals surface area contributed by atoms with E-state index < -0.39 is 0 Å². The summed E-state index contributed by atoms with van der Waals surface area (Å²) in [7, 11) is 1.59. The average Bonchev–Trinajstić information content (AvgIpc) is 3.19. The number of hydrogen-bond acceptors (Lipinski definition) is 5. The Morgan fingerprint density at radius 2 is 1.71 bits per heavy atom.